The second-order valence-corrected chi connectivity index (χ2v) is 7.59. The number of ether oxygens (including phenoxy) is 3. The Morgan fingerprint density at radius 3 is 2.00 bits per heavy atom. The third-order valence-corrected chi connectivity index (χ3v) is 5.13. The van der Waals surface area contributed by atoms with Crippen molar-refractivity contribution in [2.45, 2.75) is 38.8 Å². The van der Waals surface area contributed by atoms with Gasteiger partial charge in [0.05, 0.1) is 7.11 Å². The summed E-state index contributed by atoms with van der Waals surface area (Å²) >= 11 is 0. The van der Waals surface area contributed by atoms with Gasteiger partial charge in [0.1, 0.15) is 12.1 Å². The Bertz CT molecular complexity index is 1030. The highest BCUT2D eigenvalue weighted by Gasteiger charge is 2.27. The van der Waals surface area contributed by atoms with Crippen LogP contribution in [0.3, 0.4) is 0 Å². The molecule has 3 rings (SSSR count). The number of pyridine rings is 1. The molecule has 2 atom stereocenters. The van der Waals surface area contributed by atoms with E-state index >= 15 is 0 Å². The molecule has 0 saturated carbocycles. The molecule has 2 aromatic carbocycles. The lowest BCUT2D eigenvalue weighted by atomic mass is 9.87. The molecule has 0 bridgehead atoms. The number of hydrogen-bond donors (Lipinski definition) is 1. The fourth-order valence-electron chi connectivity index (χ4n) is 3.61. The van der Waals surface area contributed by atoms with Crippen molar-refractivity contribution in [3.8, 4) is 11.5 Å². The smallest absolute Gasteiger partial charge is 0.328 e. The van der Waals surface area contributed by atoms with Gasteiger partial charge in [-0.25, -0.2) is 9.78 Å². The molecule has 0 radical (unpaired) electrons. The van der Waals surface area contributed by atoms with Gasteiger partial charge in [-0.15, -0.1) is 0 Å². The molecule has 0 aliphatic heterocycles. The number of carbonyl (C=O) groups excluding carboxylic acids is 2. The summed E-state index contributed by atoms with van der Waals surface area (Å²) in [5.74, 6) is -0.463. The highest BCUT2D eigenvalue weighted by Crippen LogP contribution is 2.34. The summed E-state index contributed by atoms with van der Waals surface area (Å²) in [5, 5.41) is 2.97. The molecule has 33 heavy (non-hydrogen) atoms. The molecule has 0 aliphatic rings. The zero-order chi connectivity index (χ0) is 23.8. The van der Waals surface area contributed by atoms with Crippen LogP contribution in [0.4, 0.5) is 5.82 Å². The predicted molar refractivity (Wildman–Crippen MR) is 125 cm³/mol. The molecule has 1 N–H and O–H groups in total. The first kappa shape index (κ1) is 23.8. The molecule has 0 spiro atoms. The average Bonchev–Trinajstić information content (AvgIpc) is 2.81. The molecule has 1 aromatic heterocycles. The molecule has 0 saturated heterocycles. The third-order valence-electron chi connectivity index (χ3n) is 5.13. The molecule has 1 heterocycles. The van der Waals surface area contributed by atoms with Crippen molar-refractivity contribution < 1.29 is 23.8 Å². The highest BCUT2D eigenvalue weighted by molar-refractivity contribution is 5.80. The van der Waals surface area contributed by atoms with Gasteiger partial charge in [-0.1, -0.05) is 60.7 Å². The van der Waals surface area contributed by atoms with Gasteiger partial charge in [-0.05, 0) is 25.0 Å². The van der Waals surface area contributed by atoms with E-state index in [1.165, 1.54) is 20.2 Å². The maximum absolute atomic E-state index is 13.0. The predicted octanol–water partition coefficient (Wildman–Crippen LogP) is 4.58. The number of aromatic nitrogens is 1. The minimum Gasteiger partial charge on any atom is -0.493 e. The zero-order valence-electron chi connectivity index (χ0n) is 19.1. The summed E-state index contributed by atoms with van der Waals surface area (Å²) in [6, 6.07) is 20.7. The van der Waals surface area contributed by atoms with Gasteiger partial charge >= 0.3 is 11.9 Å². The van der Waals surface area contributed by atoms with Crippen molar-refractivity contribution in [2.24, 2.45) is 0 Å². The normalized spacial score (nSPS) is 12.5. The molecule has 7 heteroatoms. The maximum atomic E-state index is 13.0. The molecule has 3 aromatic rings. The Kier molecular flexibility index (Phi) is 8.02. The van der Waals surface area contributed by atoms with Gasteiger partial charge in [0.2, 0.25) is 5.75 Å². The summed E-state index contributed by atoms with van der Waals surface area (Å²) in [7, 11) is 1.46. The van der Waals surface area contributed by atoms with Gasteiger partial charge in [-0.3, -0.25) is 4.79 Å². The number of benzene rings is 2. The van der Waals surface area contributed by atoms with E-state index in [9.17, 15) is 9.59 Å². The lowest BCUT2D eigenvalue weighted by molar-refractivity contribution is -0.149. The molecule has 0 unspecified atom stereocenters. The van der Waals surface area contributed by atoms with Gasteiger partial charge in [0.25, 0.3) is 0 Å². The highest BCUT2D eigenvalue weighted by atomic mass is 16.6. The van der Waals surface area contributed by atoms with Crippen LogP contribution in [0.5, 0.6) is 11.5 Å². The van der Waals surface area contributed by atoms with E-state index < -0.39 is 24.1 Å². The SMILES string of the molecule is COc1ccnc(N[C@@H](C)C(=O)O[C@@H](C)C(c2ccccc2)c2ccccc2)c1OC(C)=O. The van der Waals surface area contributed by atoms with E-state index in [0.717, 1.165) is 11.1 Å². The summed E-state index contributed by atoms with van der Waals surface area (Å²) in [6.45, 7) is 4.82. The first-order valence-corrected chi connectivity index (χ1v) is 10.7. The number of nitrogens with one attached hydrogen (secondary N) is 1. The quantitative estimate of drug-likeness (QED) is 0.480. The Labute approximate surface area is 193 Å². The number of rotatable bonds is 9. The van der Waals surface area contributed by atoms with E-state index in [1.54, 1.807) is 13.0 Å². The van der Waals surface area contributed by atoms with Gasteiger partial charge < -0.3 is 19.5 Å². The molecule has 172 valence electrons. The van der Waals surface area contributed by atoms with Crippen LogP contribution in [-0.4, -0.2) is 36.2 Å². The fraction of sp³-hybridized carbons (Fsp3) is 0.269. The van der Waals surface area contributed by atoms with Crippen LogP contribution in [0.25, 0.3) is 0 Å². The second-order valence-electron chi connectivity index (χ2n) is 7.59. The van der Waals surface area contributed by atoms with Gasteiger partial charge in [0.15, 0.2) is 11.6 Å². The summed E-state index contributed by atoms with van der Waals surface area (Å²) in [4.78, 5) is 28.7. The Hall–Kier alpha value is -3.87. The zero-order valence-corrected chi connectivity index (χ0v) is 19.1. The van der Waals surface area contributed by atoms with Crippen LogP contribution >= 0.6 is 0 Å². The largest absolute Gasteiger partial charge is 0.493 e. The van der Waals surface area contributed by atoms with E-state index in [1.807, 2.05) is 67.6 Å². The topological polar surface area (TPSA) is 86.8 Å². The minimum absolute atomic E-state index is 0.117. The molecule has 0 amide bonds. The van der Waals surface area contributed by atoms with Crippen molar-refractivity contribution >= 4 is 17.8 Å². The fourth-order valence-corrected chi connectivity index (χ4v) is 3.61. The number of methoxy groups -OCH3 is 1. The molecular weight excluding hydrogens is 420 g/mol. The van der Waals surface area contributed by atoms with Crippen LogP contribution in [0.15, 0.2) is 72.9 Å². The number of anilines is 1. The first-order chi connectivity index (χ1) is 15.9. The third kappa shape index (κ3) is 6.10. The molecular formula is C26H28N2O5. The van der Waals surface area contributed by atoms with E-state index in [4.69, 9.17) is 14.2 Å². The average molecular weight is 449 g/mol. The Morgan fingerprint density at radius 2 is 1.48 bits per heavy atom. The van der Waals surface area contributed by atoms with Crippen molar-refractivity contribution in [3.63, 3.8) is 0 Å². The number of hydrogen-bond acceptors (Lipinski definition) is 7. The van der Waals surface area contributed by atoms with Crippen LogP contribution < -0.4 is 14.8 Å². The molecule has 0 aliphatic carbocycles. The van der Waals surface area contributed by atoms with Crippen molar-refractivity contribution in [2.75, 3.05) is 12.4 Å². The number of carbonyl (C=O) groups is 2. The number of nitrogens with zero attached hydrogens (tertiary/aromatic N) is 1. The van der Waals surface area contributed by atoms with E-state index in [-0.39, 0.29) is 17.5 Å². The lowest BCUT2D eigenvalue weighted by Crippen LogP contribution is -2.33. The minimum atomic E-state index is -0.756. The standard InChI is InChI=1S/C26H28N2O5/c1-17(28-25-24(33-19(3)29)22(31-4)15-16-27-25)26(30)32-18(2)23(20-11-7-5-8-12-20)21-13-9-6-10-14-21/h5-18,23H,1-4H3,(H,27,28)/t17-,18-/m0/s1. The Morgan fingerprint density at radius 1 is 0.909 bits per heavy atom. The van der Waals surface area contributed by atoms with Gasteiger partial charge in [0, 0.05) is 25.1 Å². The first-order valence-electron chi connectivity index (χ1n) is 10.7. The maximum Gasteiger partial charge on any atom is 0.328 e. The number of esters is 2. The summed E-state index contributed by atoms with van der Waals surface area (Å²) < 4.78 is 16.4. The van der Waals surface area contributed by atoms with Gasteiger partial charge in [-0.2, -0.15) is 0 Å². The summed E-state index contributed by atoms with van der Waals surface area (Å²) in [5.41, 5.74) is 2.10. The monoisotopic (exact) mass is 448 g/mol. The van der Waals surface area contributed by atoms with Crippen molar-refractivity contribution in [1.29, 1.82) is 0 Å². The second kappa shape index (κ2) is 11.1. The van der Waals surface area contributed by atoms with Crippen molar-refractivity contribution in [1.82, 2.24) is 4.98 Å². The van der Waals surface area contributed by atoms with Crippen LogP contribution in [0, 0.1) is 0 Å². The Balaban J connectivity index is 1.78. The van der Waals surface area contributed by atoms with Crippen LogP contribution in [-0.2, 0) is 14.3 Å². The van der Waals surface area contributed by atoms with Crippen LogP contribution in [0.2, 0.25) is 0 Å². The molecule has 7 nitrogen and oxygen atoms in total. The molecule has 0 fully saturated rings. The summed E-state index contributed by atoms with van der Waals surface area (Å²) in [6.07, 6.45) is 1.06. The van der Waals surface area contributed by atoms with E-state index in [0.29, 0.717) is 5.75 Å². The van der Waals surface area contributed by atoms with Crippen LogP contribution in [0.1, 0.15) is 37.8 Å². The lowest BCUT2D eigenvalue weighted by Gasteiger charge is -2.26. The van der Waals surface area contributed by atoms with Crippen molar-refractivity contribution in [3.05, 3.63) is 84.1 Å². The van der Waals surface area contributed by atoms with E-state index in [2.05, 4.69) is 10.3 Å².